The van der Waals surface area contributed by atoms with Crippen LogP contribution in [0.25, 0.3) is 22.5 Å². The number of carbonyl (C=O) groups excluding carboxylic acids is 2. The third-order valence-corrected chi connectivity index (χ3v) is 9.43. The molecule has 0 aliphatic carbocycles. The lowest BCUT2D eigenvalue weighted by atomic mass is 10.1. The van der Waals surface area contributed by atoms with E-state index in [9.17, 15) is 53.5 Å². The van der Waals surface area contributed by atoms with Crippen molar-refractivity contribution in [2.45, 2.75) is 38.8 Å². The van der Waals surface area contributed by atoms with E-state index in [4.69, 9.17) is 63.7 Å². The number of amides is 1. The SMILES string of the molecule is Cc1cc2c(cc1-c1cnc(N)cn1)OC(F)(F)O2.Cc1cc2c(cc1-c1cnc(NC(=O)c3c(Cl)c(C(F)(F)F)nn3C)cn1)OC(F)(F)O2.ClCCl.Cn1nc(C(F)(F)F)c(Cl)c1C(=O)Cl. The standard InChI is InChI=1S/C18H11ClF5N5O3.C12H9F2N3O2.C6H3Cl2F3N2O.CH2Cl2/c1-7-3-10-11(32-18(23,24)31-10)4-8(7)9-5-26-12(6-25-9)27-16(30)14-13(19)15(17(20,21)22)28-29(14)2;1-6-2-9-10(19-12(13,14)18-9)3-7(6)8-4-17-11(15)5-16-8;1-13-3(5(8)14)2(7)4(12-13)6(9,10)11;2-1-3/h3-6H,1-2H3,(H,26,27,30);2-5H,1H3,(H2,15,17);1H3;1H2. The molecule has 0 radical (unpaired) electrons. The Morgan fingerprint density at radius 2 is 1.04 bits per heavy atom. The lowest BCUT2D eigenvalue weighted by molar-refractivity contribution is -0.287. The molecule has 0 fully saturated rings. The Morgan fingerprint density at radius 1 is 0.662 bits per heavy atom. The highest BCUT2D eigenvalue weighted by molar-refractivity contribution is 6.68. The van der Waals surface area contributed by atoms with Gasteiger partial charge in [-0.25, -0.2) is 9.97 Å². The molecule has 0 atom stereocenters. The molecular weight excluding hydrogens is 1050 g/mol. The predicted molar refractivity (Wildman–Crippen MR) is 222 cm³/mol. The fourth-order valence-electron chi connectivity index (χ4n) is 5.75. The van der Waals surface area contributed by atoms with Crippen molar-refractivity contribution >= 4 is 80.8 Å². The molecule has 2 aliphatic heterocycles. The number of nitrogens with zero attached hydrogens (tertiary/aromatic N) is 8. The number of alkyl halides is 12. The summed E-state index contributed by atoms with van der Waals surface area (Å²) in [5.41, 5.74) is 4.85. The van der Waals surface area contributed by atoms with Gasteiger partial charge in [0.25, 0.3) is 11.1 Å². The topological polar surface area (TPSA) is 196 Å². The molecule has 0 bridgehead atoms. The van der Waals surface area contributed by atoms with Crippen molar-refractivity contribution in [3.8, 4) is 45.5 Å². The van der Waals surface area contributed by atoms with Gasteiger partial charge in [-0.15, -0.1) is 40.8 Å². The molecule has 6 heterocycles. The summed E-state index contributed by atoms with van der Waals surface area (Å²) in [6.07, 6.45) is -11.7. The Hall–Kier alpha value is -6.09. The van der Waals surface area contributed by atoms with Gasteiger partial charge in [0.1, 0.15) is 27.3 Å². The summed E-state index contributed by atoms with van der Waals surface area (Å²) in [6, 6.07) is 5.59. The molecule has 0 spiro atoms. The van der Waals surface area contributed by atoms with Crippen molar-refractivity contribution in [2.75, 3.05) is 16.4 Å². The second-order valence-corrected chi connectivity index (χ2v) is 15.2. The number of benzene rings is 2. The lowest BCUT2D eigenvalue weighted by Gasteiger charge is -2.08. The van der Waals surface area contributed by atoms with Crippen molar-refractivity contribution in [1.29, 1.82) is 0 Å². The first-order valence-electron chi connectivity index (χ1n) is 17.9. The monoisotopic (exact) mass is 1070 g/mol. The molecule has 6 aromatic rings. The Kier molecular flexibility index (Phi) is 15.7. The van der Waals surface area contributed by atoms with E-state index in [1.165, 1.54) is 42.9 Å². The maximum absolute atomic E-state index is 13.3. The van der Waals surface area contributed by atoms with Crippen LogP contribution in [-0.2, 0) is 26.4 Å². The van der Waals surface area contributed by atoms with Crippen molar-refractivity contribution in [3.63, 3.8) is 0 Å². The van der Waals surface area contributed by atoms with Gasteiger partial charge in [-0.3, -0.25) is 28.9 Å². The number of aromatic nitrogens is 8. The van der Waals surface area contributed by atoms with Gasteiger partial charge < -0.3 is 30.0 Å². The fourth-order valence-corrected chi connectivity index (χ4v) is 6.72. The van der Waals surface area contributed by atoms with E-state index >= 15 is 0 Å². The molecule has 3 N–H and O–H groups in total. The van der Waals surface area contributed by atoms with E-state index in [0.29, 0.717) is 31.7 Å². The van der Waals surface area contributed by atoms with Crippen LogP contribution in [0.3, 0.4) is 0 Å². The number of fused-ring (bicyclic) bond motifs is 2. The molecule has 2 aliphatic rings. The smallest absolute Gasteiger partial charge is 0.395 e. The van der Waals surface area contributed by atoms with E-state index in [1.54, 1.807) is 13.8 Å². The van der Waals surface area contributed by atoms with E-state index in [2.05, 4.69) is 54.4 Å². The van der Waals surface area contributed by atoms with Gasteiger partial charge in [0, 0.05) is 25.2 Å². The van der Waals surface area contributed by atoms with Crippen molar-refractivity contribution in [1.82, 2.24) is 39.5 Å². The molecule has 68 heavy (non-hydrogen) atoms. The maximum atomic E-state index is 13.3. The summed E-state index contributed by atoms with van der Waals surface area (Å²) in [4.78, 5) is 39.2. The first kappa shape index (κ1) is 52.9. The van der Waals surface area contributed by atoms with Gasteiger partial charge in [0.05, 0.1) is 41.5 Å². The fraction of sp³-hybridized carbons (Fsp3) is 0.243. The number of aryl methyl sites for hydroxylation is 4. The van der Waals surface area contributed by atoms with Crippen LogP contribution in [0.1, 0.15) is 43.5 Å². The van der Waals surface area contributed by atoms with Gasteiger partial charge in [-0.1, -0.05) is 23.2 Å². The second kappa shape index (κ2) is 20.2. The number of nitrogens with one attached hydrogen (secondary N) is 1. The van der Waals surface area contributed by atoms with Crippen molar-refractivity contribution in [3.05, 3.63) is 93.0 Å². The molecule has 4 aromatic heterocycles. The molecule has 0 saturated heterocycles. The molecule has 0 unspecified atom stereocenters. The number of carbonyl (C=O) groups is 2. The van der Waals surface area contributed by atoms with Crippen LogP contribution in [-0.4, -0.2) is 68.6 Å². The van der Waals surface area contributed by atoms with E-state index < -0.39 is 68.9 Å². The van der Waals surface area contributed by atoms with Crippen molar-refractivity contribution in [2.24, 2.45) is 14.1 Å². The summed E-state index contributed by atoms with van der Waals surface area (Å²) in [5.74, 6) is -1.11. The third-order valence-electron chi connectivity index (χ3n) is 8.53. The Labute approximate surface area is 399 Å². The summed E-state index contributed by atoms with van der Waals surface area (Å²) in [7, 11) is 2.29. The molecular formula is C37H25Cl5F10N10O6. The van der Waals surface area contributed by atoms with Gasteiger partial charge in [-0.2, -0.15) is 36.5 Å². The van der Waals surface area contributed by atoms with E-state index in [0.717, 1.165) is 25.9 Å². The van der Waals surface area contributed by atoms with Gasteiger partial charge >= 0.3 is 24.9 Å². The first-order valence-corrected chi connectivity index (χ1v) is 20.1. The van der Waals surface area contributed by atoms with E-state index in [-0.39, 0.29) is 45.7 Å². The summed E-state index contributed by atoms with van der Waals surface area (Å²) < 4.78 is 147. The van der Waals surface area contributed by atoms with Crippen LogP contribution >= 0.6 is 58.0 Å². The first-order chi connectivity index (χ1) is 31.5. The maximum Gasteiger partial charge on any atom is 0.586 e. The van der Waals surface area contributed by atoms with E-state index in [1.807, 2.05) is 0 Å². The Balaban J connectivity index is 0.000000203. The number of halogens is 15. The second-order valence-electron chi connectivity index (χ2n) is 13.3. The number of hydrogen-bond donors (Lipinski definition) is 2. The average Bonchev–Trinajstić information content (AvgIpc) is 3.91. The van der Waals surface area contributed by atoms with Crippen LogP contribution in [0.5, 0.6) is 23.0 Å². The number of nitrogens with two attached hydrogens (primary N) is 1. The number of nitrogen functional groups attached to an aromatic ring is 1. The molecule has 8 rings (SSSR count). The summed E-state index contributed by atoms with van der Waals surface area (Å²) in [6.45, 7) is 3.39. The van der Waals surface area contributed by atoms with Crippen LogP contribution in [0.4, 0.5) is 55.5 Å². The van der Waals surface area contributed by atoms with Crippen LogP contribution in [0.15, 0.2) is 49.1 Å². The normalized spacial score (nSPS) is 13.9. The molecule has 0 saturated carbocycles. The zero-order valence-corrected chi connectivity index (χ0v) is 37.9. The molecule has 2 aromatic carbocycles. The number of hydrogen-bond acceptors (Lipinski definition) is 13. The highest BCUT2D eigenvalue weighted by Gasteiger charge is 2.45. The summed E-state index contributed by atoms with van der Waals surface area (Å²) >= 11 is 25.5. The van der Waals surface area contributed by atoms with Gasteiger partial charge in [0.2, 0.25) is 0 Å². The largest absolute Gasteiger partial charge is 0.586 e. The number of rotatable bonds is 5. The third kappa shape index (κ3) is 12.3. The van der Waals surface area contributed by atoms with Crippen molar-refractivity contribution < 1.29 is 72.4 Å². The highest BCUT2D eigenvalue weighted by Crippen LogP contribution is 2.46. The number of anilines is 2. The predicted octanol–water partition coefficient (Wildman–Crippen LogP) is 10.7. The minimum Gasteiger partial charge on any atom is -0.395 e. The van der Waals surface area contributed by atoms with Crippen LogP contribution in [0.2, 0.25) is 10.0 Å². The zero-order valence-electron chi connectivity index (χ0n) is 34.1. The molecule has 364 valence electrons. The Bertz CT molecular complexity index is 2850. The highest BCUT2D eigenvalue weighted by atomic mass is 35.5. The lowest BCUT2D eigenvalue weighted by Crippen LogP contribution is -2.25. The van der Waals surface area contributed by atoms with Crippen LogP contribution in [0, 0.1) is 13.8 Å². The molecule has 31 heteroatoms. The molecule has 1 amide bonds. The summed E-state index contributed by atoms with van der Waals surface area (Å²) in [5, 5.41) is 6.05. The minimum atomic E-state index is -4.83. The number of ether oxygens (including phenoxy) is 4. The van der Waals surface area contributed by atoms with Crippen LogP contribution < -0.4 is 30.0 Å². The zero-order chi connectivity index (χ0) is 50.8. The quantitative estimate of drug-likeness (QED) is 0.0941. The minimum absolute atomic E-state index is 0.00894. The van der Waals surface area contributed by atoms with Gasteiger partial charge in [-0.05, 0) is 60.8 Å². The molecule has 16 nitrogen and oxygen atoms in total. The average molecular weight is 1070 g/mol. The Morgan fingerprint density at radius 3 is 1.38 bits per heavy atom. The van der Waals surface area contributed by atoms with Gasteiger partial charge in [0.15, 0.2) is 40.2 Å².